The number of hydrogen-bond donors (Lipinski definition) is 0. The Bertz CT molecular complexity index is 473. The summed E-state index contributed by atoms with van der Waals surface area (Å²) in [7, 11) is 0. The van der Waals surface area contributed by atoms with Crippen molar-refractivity contribution in [2.45, 2.75) is 51.7 Å². The van der Waals surface area contributed by atoms with E-state index in [4.69, 9.17) is 9.15 Å². The van der Waals surface area contributed by atoms with Gasteiger partial charge in [-0.1, -0.05) is 13.8 Å². The molecule has 1 aromatic heterocycles. The molecule has 2 aliphatic heterocycles. The van der Waals surface area contributed by atoms with E-state index < -0.39 is 0 Å². The predicted octanol–water partition coefficient (Wildman–Crippen LogP) is 3.72. The smallest absolute Gasteiger partial charge is 0.0963 e. The van der Waals surface area contributed by atoms with Crippen molar-refractivity contribution in [1.29, 1.82) is 0 Å². The molecule has 0 unspecified atom stereocenters. The molecule has 0 amide bonds. The van der Waals surface area contributed by atoms with E-state index >= 15 is 0 Å². The van der Waals surface area contributed by atoms with Crippen LogP contribution < -0.4 is 0 Å². The summed E-state index contributed by atoms with van der Waals surface area (Å²) in [5.74, 6) is 1.43. The lowest BCUT2D eigenvalue weighted by atomic mass is 9.80. The molecule has 2 nitrogen and oxygen atoms in total. The Kier molecular flexibility index (Phi) is 1.68. The summed E-state index contributed by atoms with van der Waals surface area (Å²) in [6.45, 7) is 7.11. The molecular formula is C15H20O2. The second-order valence-corrected chi connectivity index (χ2v) is 7.22. The summed E-state index contributed by atoms with van der Waals surface area (Å²) in [6, 6.07) is 0. The molecule has 1 saturated carbocycles. The fraction of sp³-hybridized carbons (Fsp3) is 0.733. The van der Waals surface area contributed by atoms with Crippen molar-refractivity contribution in [1.82, 2.24) is 0 Å². The molecule has 1 aromatic rings. The Balaban J connectivity index is 1.82. The molecule has 2 fully saturated rings. The van der Waals surface area contributed by atoms with Gasteiger partial charge in [-0.15, -0.1) is 0 Å². The first kappa shape index (κ1) is 10.2. The highest BCUT2D eigenvalue weighted by Gasteiger charge is 2.60. The van der Waals surface area contributed by atoms with Crippen molar-refractivity contribution in [3.05, 3.63) is 23.7 Å². The highest BCUT2D eigenvalue weighted by Crippen LogP contribution is 2.64. The zero-order valence-electron chi connectivity index (χ0n) is 10.8. The van der Waals surface area contributed by atoms with E-state index in [1.807, 2.05) is 12.5 Å². The highest BCUT2D eigenvalue weighted by molar-refractivity contribution is 5.33. The molecule has 0 N–H and O–H groups in total. The zero-order valence-corrected chi connectivity index (χ0v) is 10.8. The number of hydrogen-bond acceptors (Lipinski definition) is 2. The first-order valence-electron chi connectivity index (χ1n) is 6.71. The number of fused-ring (bicyclic) bond motifs is 7. The molecule has 4 atom stereocenters. The minimum absolute atomic E-state index is 0.0555. The number of rotatable bonds is 0. The summed E-state index contributed by atoms with van der Waals surface area (Å²) in [5.41, 5.74) is 3.25. The molecule has 2 bridgehead atoms. The molecule has 0 aromatic carbocycles. The lowest BCUT2D eigenvalue weighted by Crippen LogP contribution is -2.36. The van der Waals surface area contributed by atoms with Gasteiger partial charge >= 0.3 is 0 Å². The van der Waals surface area contributed by atoms with E-state index in [2.05, 4.69) is 20.8 Å². The molecule has 1 aliphatic carbocycles. The summed E-state index contributed by atoms with van der Waals surface area (Å²) in [5, 5.41) is 0. The maximum Gasteiger partial charge on any atom is 0.0963 e. The fourth-order valence-electron chi connectivity index (χ4n) is 4.63. The van der Waals surface area contributed by atoms with Gasteiger partial charge in [-0.2, -0.15) is 0 Å². The van der Waals surface area contributed by atoms with Crippen LogP contribution in [0.3, 0.4) is 0 Å². The lowest BCUT2D eigenvalue weighted by Gasteiger charge is -2.35. The third-order valence-electron chi connectivity index (χ3n) is 5.27. The van der Waals surface area contributed by atoms with Crippen molar-refractivity contribution in [2.24, 2.45) is 17.3 Å². The van der Waals surface area contributed by atoms with Crippen LogP contribution in [0.5, 0.6) is 0 Å². The molecule has 0 radical (unpaired) electrons. The molecule has 92 valence electrons. The van der Waals surface area contributed by atoms with Crippen LogP contribution >= 0.6 is 0 Å². The molecule has 17 heavy (non-hydrogen) atoms. The highest BCUT2D eigenvalue weighted by atomic mass is 16.5. The first-order chi connectivity index (χ1) is 7.99. The first-order valence-corrected chi connectivity index (χ1v) is 6.71. The van der Waals surface area contributed by atoms with E-state index in [-0.39, 0.29) is 5.60 Å². The standard InChI is InChI=1S/C15H20O2/c1-14(2)5-10-12(6-14)15(3)4-9-7-16-8-11(9)13(10)17-15/h7-8,10,12-13H,4-6H2,1-3H3/t10-,12+,13+,15+/m1/s1. The van der Waals surface area contributed by atoms with E-state index in [1.165, 1.54) is 24.0 Å². The molecule has 4 rings (SSSR count). The average Bonchev–Trinajstić information content (AvgIpc) is 2.84. The van der Waals surface area contributed by atoms with Crippen LogP contribution in [0.15, 0.2) is 16.9 Å². The van der Waals surface area contributed by atoms with Crippen molar-refractivity contribution in [3.8, 4) is 0 Å². The summed E-state index contributed by atoms with van der Waals surface area (Å²) >= 11 is 0. The molecule has 0 spiro atoms. The monoisotopic (exact) mass is 232 g/mol. The van der Waals surface area contributed by atoms with Crippen molar-refractivity contribution < 1.29 is 9.15 Å². The van der Waals surface area contributed by atoms with Crippen LogP contribution in [0.4, 0.5) is 0 Å². The van der Waals surface area contributed by atoms with Gasteiger partial charge in [0.15, 0.2) is 0 Å². The number of ether oxygens (including phenoxy) is 1. The Morgan fingerprint density at radius 1 is 1.18 bits per heavy atom. The van der Waals surface area contributed by atoms with E-state index in [0.29, 0.717) is 17.4 Å². The van der Waals surface area contributed by atoms with Crippen molar-refractivity contribution in [3.63, 3.8) is 0 Å². The van der Waals surface area contributed by atoms with Gasteiger partial charge in [-0.25, -0.2) is 0 Å². The van der Waals surface area contributed by atoms with Gasteiger partial charge in [0.2, 0.25) is 0 Å². The summed E-state index contributed by atoms with van der Waals surface area (Å²) in [4.78, 5) is 0. The molecular weight excluding hydrogens is 212 g/mol. The summed E-state index contributed by atoms with van der Waals surface area (Å²) in [6.07, 6.45) is 7.78. The van der Waals surface area contributed by atoms with Crippen molar-refractivity contribution >= 4 is 0 Å². The van der Waals surface area contributed by atoms with Crippen LogP contribution in [0, 0.1) is 17.3 Å². The average molecular weight is 232 g/mol. The second kappa shape index (κ2) is 2.80. The third-order valence-corrected chi connectivity index (χ3v) is 5.27. The lowest BCUT2D eigenvalue weighted by molar-refractivity contribution is -0.0683. The van der Waals surface area contributed by atoms with Crippen LogP contribution in [-0.2, 0) is 11.2 Å². The van der Waals surface area contributed by atoms with Crippen molar-refractivity contribution in [2.75, 3.05) is 0 Å². The fourth-order valence-corrected chi connectivity index (χ4v) is 4.63. The van der Waals surface area contributed by atoms with Gasteiger partial charge in [0.25, 0.3) is 0 Å². The van der Waals surface area contributed by atoms with Crippen LogP contribution in [-0.4, -0.2) is 5.60 Å². The van der Waals surface area contributed by atoms with E-state index in [1.54, 1.807) is 0 Å². The zero-order chi connectivity index (χ0) is 11.8. The van der Waals surface area contributed by atoms with E-state index in [0.717, 1.165) is 12.3 Å². The maximum absolute atomic E-state index is 6.37. The van der Waals surface area contributed by atoms with Gasteiger partial charge in [0.1, 0.15) is 0 Å². The second-order valence-electron chi connectivity index (χ2n) is 7.22. The van der Waals surface area contributed by atoms with Gasteiger partial charge in [-0.05, 0) is 42.6 Å². The quantitative estimate of drug-likeness (QED) is 0.680. The Morgan fingerprint density at radius 2 is 2.00 bits per heavy atom. The Hall–Kier alpha value is -0.760. The van der Waals surface area contributed by atoms with Crippen LogP contribution in [0.2, 0.25) is 0 Å². The van der Waals surface area contributed by atoms with Gasteiger partial charge in [0.05, 0.1) is 24.2 Å². The SMILES string of the molecule is CC1(C)C[C@H]2[C@@H]3O[C@@](C)(Cc4cocc43)[C@H]2C1. The van der Waals surface area contributed by atoms with Crippen LogP contribution in [0.1, 0.15) is 50.8 Å². The normalized spacial score (nSPS) is 45.7. The Morgan fingerprint density at radius 3 is 2.82 bits per heavy atom. The summed E-state index contributed by atoms with van der Waals surface area (Å²) < 4.78 is 11.8. The van der Waals surface area contributed by atoms with Gasteiger partial charge in [0, 0.05) is 12.0 Å². The third kappa shape index (κ3) is 1.20. The molecule has 3 heterocycles. The largest absolute Gasteiger partial charge is 0.472 e. The van der Waals surface area contributed by atoms with E-state index in [9.17, 15) is 0 Å². The van der Waals surface area contributed by atoms with Gasteiger partial charge < -0.3 is 9.15 Å². The predicted molar refractivity (Wildman–Crippen MR) is 64.6 cm³/mol. The minimum atomic E-state index is 0.0555. The van der Waals surface area contributed by atoms with Crippen LogP contribution in [0.25, 0.3) is 0 Å². The molecule has 2 heteroatoms. The maximum atomic E-state index is 6.37. The molecule has 1 saturated heterocycles. The molecule has 3 aliphatic rings. The Labute approximate surface area is 102 Å². The topological polar surface area (TPSA) is 22.4 Å². The minimum Gasteiger partial charge on any atom is -0.472 e. The number of furan rings is 1. The van der Waals surface area contributed by atoms with Gasteiger partial charge in [-0.3, -0.25) is 0 Å².